The fourth-order valence-corrected chi connectivity index (χ4v) is 5.00. The van der Waals surface area contributed by atoms with E-state index in [0.717, 1.165) is 50.5 Å². The Bertz CT molecular complexity index is 658. The van der Waals surface area contributed by atoms with Crippen LogP contribution in [0.4, 0.5) is 0 Å². The largest absolute Gasteiger partial charge is 0.465 e. The second-order valence-electron chi connectivity index (χ2n) is 11.1. The van der Waals surface area contributed by atoms with Crippen LogP contribution in [-0.4, -0.2) is 36.7 Å². The normalized spacial score (nSPS) is 19.4. The van der Waals surface area contributed by atoms with Gasteiger partial charge in [0.25, 0.3) is 0 Å². The molecule has 1 rings (SSSR count). The zero-order valence-corrected chi connectivity index (χ0v) is 24.0. The lowest BCUT2D eigenvalue weighted by atomic mass is 9.77. The highest BCUT2D eigenvalue weighted by molar-refractivity contribution is 5.88. The summed E-state index contributed by atoms with van der Waals surface area (Å²) in [6.07, 6.45) is 18.7. The SMILES string of the molecule is C=CC(=O)OC1(C(=O)OCCCCCCCCCC)CCCC(C(=O)OCCCCCCCC(C)C)C1. The molecule has 0 heterocycles. The van der Waals surface area contributed by atoms with Gasteiger partial charge in [0.05, 0.1) is 19.1 Å². The molecule has 0 radical (unpaired) electrons. The number of ether oxygens (including phenoxy) is 3. The maximum absolute atomic E-state index is 13.1. The van der Waals surface area contributed by atoms with Gasteiger partial charge in [-0.15, -0.1) is 0 Å². The number of esters is 3. The summed E-state index contributed by atoms with van der Waals surface area (Å²) in [4.78, 5) is 37.9. The van der Waals surface area contributed by atoms with Crippen molar-refractivity contribution in [2.24, 2.45) is 11.8 Å². The monoisotopic (exact) mass is 522 g/mol. The van der Waals surface area contributed by atoms with E-state index in [1.165, 1.54) is 51.4 Å². The van der Waals surface area contributed by atoms with E-state index in [1.807, 2.05) is 0 Å². The van der Waals surface area contributed by atoms with Crippen LogP contribution >= 0.6 is 0 Å². The number of hydrogen-bond acceptors (Lipinski definition) is 6. The van der Waals surface area contributed by atoms with Crippen molar-refractivity contribution >= 4 is 17.9 Å². The third-order valence-electron chi connectivity index (χ3n) is 7.28. The molecule has 2 atom stereocenters. The molecule has 1 aliphatic rings. The van der Waals surface area contributed by atoms with Crippen LogP contribution in [0, 0.1) is 11.8 Å². The minimum Gasteiger partial charge on any atom is -0.465 e. The first-order chi connectivity index (χ1) is 17.8. The van der Waals surface area contributed by atoms with Crippen molar-refractivity contribution in [2.75, 3.05) is 13.2 Å². The van der Waals surface area contributed by atoms with Crippen LogP contribution in [0.5, 0.6) is 0 Å². The molecule has 1 aliphatic carbocycles. The highest BCUT2D eigenvalue weighted by atomic mass is 16.6. The van der Waals surface area contributed by atoms with Gasteiger partial charge < -0.3 is 14.2 Å². The quantitative estimate of drug-likeness (QED) is 0.0660. The van der Waals surface area contributed by atoms with Gasteiger partial charge in [-0.05, 0) is 38.0 Å². The zero-order valence-electron chi connectivity index (χ0n) is 24.0. The molecular formula is C31H54O6. The molecule has 37 heavy (non-hydrogen) atoms. The Kier molecular flexibility index (Phi) is 18.1. The maximum Gasteiger partial charge on any atom is 0.350 e. The zero-order chi connectivity index (χ0) is 27.4. The Morgan fingerprint density at radius 1 is 0.865 bits per heavy atom. The third kappa shape index (κ3) is 14.6. The topological polar surface area (TPSA) is 78.9 Å². The lowest BCUT2D eigenvalue weighted by molar-refractivity contribution is -0.188. The number of rotatable bonds is 21. The van der Waals surface area contributed by atoms with E-state index in [2.05, 4.69) is 27.4 Å². The fourth-order valence-electron chi connectivity index (χ4n) is 5.00. The second-order valence-corrected chi connectivity index (χ2v) is 11.1. The van der Waals surface area contributed by atoms with Gasteiger partial charge in [-0.1, -0.05) is 104 Å². The Balaban J connectivity index is 2.46. The molecule has 0 aliphatic heterocycles. The van der Waals surface area contributed by atoms with Crippen LogP contribution in [-0.2, 0) is 28.6 Å². The van der Waals surface area contributed by atoms with Gasteiger partial charge in [0.15, 0.2) is 0 Å². The molecule has 0 aromatic heterocycles. The molecule has 0 spiro atoms. The van der Waals surface area contributed by atoms with Crippen molar-refractivity contribution in [3.63, 3.8) is 0 Å². The molecular weight excluding hydrogens is 468 g/mol. The molecule has 6 nitrogen and oxygen atoms in total. The predicted molar refractivity (Wildman–Crippen MR) is 148 cm³/mol. The Labute approximate surface area is 226 Å². The van der Waals surface area contributed by atoms with Crippen molar-refractivity contribution in [2.45, 2.75) is 142 Å². The Hall–Kier alpha value is -1.85. The molecule has 0 saturated heterocycles. The van der Waals surface area contributed by atoms with Crippen molar-refractivity contribution in [1.29, 1.82) is 0 Å². The summed E-state index contributed by atoms with van der Waals surface area (Å²) in [7, 11) is 0. The maximum atomic E-state index is 13.1. The number of carbonyl (C=O) groups is 3. The van der Waals surface area contributed by atoms with E-state index in [0.29, 0.717) is 32.5 Å². The first kappa shape index (κ1) is 33.2. The predicted octanol–water partition coefficient (Wildman–Crippen LogP) is 7.87. The van der Waals surface area contributed by atoms with Gasteiger partial charge in [0, 0.05) is 12.5 Å². The third-order valence-corrected chi connectivity index (χ3v) is 7.28. The minimum atomic E-state index is -1.44. The summed E-state index contributed by atoms with van der Waals surface area (Å²) in [6, 6.07) is 0. The van der Waals surface area contributed by atoms with Crippen molar-refractivity contribution in [3.05, 3.63) is 12.7 Å². The van der Waals surface area contributed by atoms with Gasteiger partial charge in [-0.3, -0.25) is 4.79 Å². The lowest BCUT2D eigenvalue weighted by Gasteiger charge is -2.37. The van der Waals surface area contributed by atoms with E-state index in [9.17, 15) is 14.4 Å². The molecule has 0 bridgehead atoms. The molecule has 0 aromatic carbocycles. The van der Waals surface area contributed by atoms with Crippen molar-refractivity contribution in [1.82, 2.24) is 0 Å². The van der Waals surface area contributed by atoms with Gasteiger partial charge in [0.2, 0.25) is 5.60 Å². The van der Waals surface area contributed by atoms with Crippen LogP contribution < -0.4 is 0 Å². The van der Waals surface area contributed by atoms with E-state index < -0.39 is 23.5 Å². The lowest BCUT2D eigenvalue weighted by Crippen LogP contribution is -2.49. The molecule has 0 amide bonds. The highest BCUT2D eigenvalue weighted by Crippen LogP contribution is 2.37. The highest BCUT2D eigenvalue weighted by Gasteiger charge is 2.49. The average molecular weight is 523 g/mol. The van der Waals surface area contributed by atoms with E-state index in [-0.39, 0.29) is 12.4 Å². The Morgan fingerprint density at radius 2 is 1.43 bits per heavy atom. The van der Waals surface area contributed by atoms with Crippen molar-refractivity contribution in [3.8, 4) is 0 Å². The number of unbranched alkanes of at least 4 members (excludes halogenated alkanes) is 11. The van der Waals surface area contributed by atoms with Crippen LogP contribution in [0.1, 0.15) is 136 Å². The summed E-state index contributed by atoms with van der Waals surface area (Å²) in [5.74, 6) is -1.26. The van der Waals surface area contributed by atoms with Gasteiger partial charge >= 0.3 is 17.9 Å². The van der Waals surface area contributed by atoms with E-state index in [4.69, 9.17) is 14.2 Å². The van der Waals surface area contributed by atoms with Crippen molar-refractivity contribution < 1.29 is 28.6 Å². The molecule has 0 N–H and O–H groups in total. The first-order valence-corrected chi connectivity index (χ1v) is 15.0. The Morgan fingerprint density at radius 3 is 2.03 bits per heavy atom. The standard InChI is InChI=1S/C31H54O6/c1-5-7-8-9-10-11-14-18-24-36-30(34)31(37-28(32)6-2)22-19-21-27(25-31)29(33)35-23-17-15-12-13-16-20-26(3)4/h6,26-27H,2,5,7-25H2,1,3-4H3. The molecule has 1 saturated carbocycles. The fraction of sp³-hybridized carbons (Fsp3) is 0.839. The number of hydrogen-bond donors (Lipinski definition) is 0. The summed E-state index contributed by atoms with van der Waals surface area (Å²) in [5, 5.41) is 0. The summed E-state index contributed by atoms with van der Waals surface area (Å²) in [5.41, 5.74) is -1.44. The number of carbonyl (C=O) groups excluding carboxylic acids is 3. The molecule has 214 valence electrons. The van der Waals surface area contributed by atoms with Gasteiger partial charge in [0.1, 0.15) is 0 Å². The van der Waals surface area contributed by atoms with E-state index in [1.54, 1.807) is 0 Å². The van der Waals surface area contributed by atoms with Gasteiger partial charge in [-0.25, -0.2) is 9.59 Å². The summed E-state index contributed by atoms with van der Waals surface area (Å²) in [6.45, 7) is 10.8. The van der Waals surface area contributed by atoms with Crippen LogP contribution in [0.2, 0.25) is 0 Å². The molecule has 0 aromatic rings. The smallest absolute Gasteiger partial charge is 0.350 e. The summed E-state index contributed by atoms with van der Waals surface area (Å²) >= 11 is 0. The van der Waals surface area contributed by atoms with Crippen LogP contribution in [0.3, 0.4) is 0 Å². The van der Waals surface area contributed by atoms with Crippen LogP contribution in [0.25, 0.3) is 0 Å². The van der Waals surface area contributed by atoms with Crippen LogP contribution in [0.15, 0.2) is 12.7 Å². The minimum absolute atomic E-state index is 0.108. The first-order valence-electron chi connectivity index (χ1n) is 15.0. The molecule has 1 fully saturated rings. The second kappa shape index (κ2) is 20.2. The van der Waals surface area contributed by atoms with E-state index >= 15 is 0 Å². The van der Waals surface area contributed by atoms with Gasteiger partial charge in [-0.2, -0.15) is 0 Å². The average Bonchev–Trinajstić information content (AvgIpc) is 2.88. The summed E-state index contributed by atoms with van der Waals surface area (Å²) < 4.78 is 16.7. The molecule has 2 unspecified atom stereocenters. The molecule has 6 heteroatoms.